The van der Waals surface area contributed by atoms with Crippen molar-refractivity contribution in [3.05, 3.63) is 15.6 Å². The summed E-state index contributed by atoms with van der Waals surface area (Å²) in [6, 6.07) is 0. The molecule has 1 saturated carbocycles. The predicted octanol–water partition coefficient (Wildman–Crippen LogP) is 2.58. The SMILES string of the molecule is CCNC(=NCC1CCCC1O)N(C)Cc1nc2c(s1)CCCC2. The van der Waals surface area contributed by atoms with Crippen molar-refractivity contribution >= 4 is 17.3 Å². The number of hydrogen-bond donors (Lipinski definition) is 2. The van der Waals surface area contributed by atoms with Gasteiger partial charge in [0.25, 0.3) is 0 Å². The number of aromatic nitrogens is 1. The van der Waals surface area contributed by atoms with Gasteiger partial charge in [-0.25, -0.2) is 4.98 Å². The molecule has 3 rings (SSSR count). The Hall–Kier alpha value is -1.14. The van der Waals surface area contributed by atoms with Gasteiger partial charge in [0.05, 0.1) is 18.3 Å². The molecule has 0 aliphatic heterocycles. The first-order chi connectivity index (χ1) is 11.7. The third kappa shape index (κ3) is 4.28. The van der Waals surface area contributed by atoms with Gasteiger partial charge in [-0.05, 0) is 45.4 Å². The van der Waals surface area contributed by atoms with E-state index in [0.29, 0.717) is 12.5 Å². The summed E-state index contributed by atoms with van der Waals surface area (Å²) >= 11 is 1.87. The standard InChI is InChI=1S/C18H30N4OS/c1-3-19-18(20-11-13-7-6-9-15(13)23)22(2)12-17-21-14-8-4-5-10-16(14)24-17/h13,15,23H,3-12H2,1-2H3,(H,19,20). The van der Waals surface area contributed by atoms with E-state index in [1.165, 1.54) is 34.8 Å². The molecule has 1 aromatic rings. The maximum absolute atomic E-state index is 9.99. The molecular weight excluding hydrogens is 320 g/mol. The van der Waals surface area contributed by atoms with Crippen LogP contribution in [0.1, 0.15) is 54.6 Å². The van der Waals surface area contributed by atoms with Crippen molar-refractivity contribution in [3.63, 3.8) is 0 Å². The largest absolute Gasteiger partial charge is 0.393 e. The summed E-state index contributed by atoms with van der Waals surface area (Å²) in [5.41, 5.74) is 1.32. The molecule has 0 spiro atoms. The van der Waals surface area contributed by atoms with Crippen LogP contribution in [0.2, 0.25) is 0 Å². The predicted molar refractivity (Wildman–Crippen MR) is 99.5 cm³/mol. The van der Waals surface area contributed by atoms with Gasteiger partial charge in [0.15, 0.2) is 5.96 Å². The van der Waals surface area contributed by atoms with Gasteiger partial charge in [0.1, 0.15) is 5.01 Å². The number of aryl methyl sites for hydroxylation is 2. The highest BCUT2D eigenvalue weighted by molar-refractivity contribution is 7.11. The van der Waals surface area contributed by atoms with Gasteiger partial charge in [-0.2, -0.15) is 0 Å². The zero-order chi connectivity index (χ0) is 16.9. The molecule has 24 heavy (non-hydrogen) atoms. The lowest BCUT2D eigenvalue weighted by atomic mass is 10.0. The van der Waals surface area contributed by atoms with Crippen LogP contribution in [-0.4, -0.2) is 47.2 Å². The highest BCUT2D eigenvalue weighted by Crippen LogP contribution is 2.27. The van der Waals surface area contributed by atoms with Crippen LogP contribution >= 0.6 is 11.3 Å². The maximum Gasteiger partial charge on any atom is 0.194 e. The molecule has 0 amide bonds. The normalized spacial score (nSPS) is 24.0. The molecule has 2 aliphatic carbocycles. The van der Waals surface area contributed by atoms with Crippen LogP contribution in [0.4, 0.5) is 0 Å². The number of rotatable bonds is 5. The minimum absolute atomic E-state index is 0.173. The van der Waals surface area contributed by atoms with E-state index in [9.17, 15) is 5.11 Å². The first-order valence-corrected chi connectivity index (χ1v) is 10.1. The van der Waals surface area contributed by atoms with Crippen molar-refractivity contribution in [2.75, 3.05) is 20.1 Å². The van der Waals surface area contributed by atoms with Crippen molar-refractivity contribution in [2.24, 2.45) is 10.9 Å². The summed E-state index contributed by atoms with van der Waals surface area (Å²) in [4.78, 5) is 13.3. The smallest absolute Gasteiger partial charge is 0.194 e. The Morgan fingerprint density at radius 2 is 2.17 bits per heavy atom. The Balaban J connectivity index is 1.62. The number of thiazole rings is 1. The van der Waals surface area contributed by atoms with E-state index < -0.39 is 0 Å². The van der Waals surface area contributed by atoms with Crippen LogP contribution in [0.15, 0.2) is 4.99 Å². The van der Waals surface area contributed by atoms with E-state index in [-0.39, 0.29) is 6.10 Å². The van der Waals surface area contributed by atoms with E-state index >= 15 is 0 Å². The first kappa shape index (κ1) is 17.7. The Labute approximate surface area is 149 Å². The molecule has 1 aromatic heterocycles. The van der Waals surface area contributed by atoms with E-state index in [2.05, 4.69) is 24.2 Å². The number of nitrogens with zero attached hydrogens (tertiary/aromatic N) is 3. The van der Waals surface area contributed by atoms with Gasteiger partial charge in [0.2, 0.25) is 0 Å². The van der Waals surface area contributed by atoms with Gasteiger partial charge in [-0.1, -0.05) is 6.42 Å². The van der Waals surface area contributed by atoms with Crippen molar-refractivity contribution in [1.82, 2.24) is 15.2 Å². The van der Waals surface area contributed by atoms with Gasteiger partial charge in [0, 0.05) is 30.9 Å². The van der Waals surface area contributed by atoms with Crippen molar-refractivity contribution in [3.8, 4) is 0 Å². The Morgan fingerprint density at radius 1 is 1.33 bits per heavy atom. The Bertz CT molecular complexity index is 548. The fourth-order valence-corrected chi connectivity index (χ4v) is 4.86. The van der Waals surface area contributed by atoms with E-state index in [1.54, 1.807) is 0 Å². The van der Waals surface area contributed by atoms with Crippen molar-refractivity contribution < 1.29 is 5.11 Å². The average molecular weight is 351 g/mol. The highest BCUT2D eigenvalue weighted by atomic mass is 32.1. The van der Waals surface area contributed by atoms with E-state index in [0.717, 1.165) is 44.7 Å². The number of aliphatic imine (C=N–C) groups is 1. The third-order valence-electron chi connectivity index (χ3n) is 5.05. The summed E-state index contributed by atoms with van der Waals surface area (Å²) in [5.74, 6) is 1.24. The molecule has 2 aliphatic rings. The molecule has 6 heteroatoms. The molecule has 5 nitrogen and oxygen atoms in total. The van der Waals surface area contributed by atoms with E-state index in [4.69, 9.17) is 9.98 Å². The van der Waals surface area contributed by atoms with Gasteiger partial charge in [-0.3, -0.25) is 4.99 Å². The second kappa shape index (κ2) is 8.30. The topological polar surface area (TPSA) is 60.8 Å². The molecule has 0 bridgehead atoms. The lowest BCUT2D eigenvalue weighted by molar-refractivity contribution is 0.136. The van der Waals surface area contributed by atoms with Crippen molar-refractivity contribution in [1.29, 1.82) is 0 Å². The van der Waals surface area contributed by atoms with Crippen LogP contribution < -0.4 is 5.32 Å². The number of aliphatic hydroxyl groups is 1. The molecule has 134 valence electrons. The highest BCUT2D eigenvalue weighted by Gasteiger charge is 2.25. The maximum atomic E-state index is 9.99. The molecule has 2 unspecified atom stereocenters. The van der Waals surface area contributed by atoms with Gasteiger partial charge < -0.3 is 15.3 Å². The van der Waals surface area contributed by atoms with Crippen molar-refractivity contribution in [2.45, 2.75) is 64.5 Å². The van der Waals surface area contributed by atoms with Crippen LogP contribution in [0.25, 0.3) is 0 Å². The summed E-state index contributed by atoms with van der Waals surface area (Å²) in [6.07, 6.45) is 7.89. The molecule has 2 atom stereocenters. The number of nitrogens with one attached hydrogen (secondary N) is 1. The number of aliphatic hydroxyl groups excluding tert-OH is 1. The van der Waals surface area contributed by atoms with Crippen LogP contribution in [0, 0.1) is 5.92 Å². The monoisotopic (exact) mass is 350 g/mol. The molecule has 0 aromatic carbocycles. The zero-order valence-corrected chi connectivity index (χ0v) is 15.7. The van der Waals surface area contributed by atoms with Crippen LogP contribution in [0.5, 0.6) is 0 Å². The summed E-state index contributed by atoms with van der Waals surface area (Å²) in [6.45, 7) is 4.46. The summed E-state index contributed by atoms with van der Waals surface area (Å²) in [7, 11) is 2.08. The zero-order valence-electron chi connectivity index (χ0n) is 14.9. The molecule has 0 saturated heterocycles. The second-order valence-corrected chi connectivity index (χ2v) is 8.16. The Morgan fingerprint density at radius 3 is 2.88 bits per heavy atom. The fourth-order valence-electron chi connectivity index (χ4n) is 3.65. The van der Waals surface area contributed by atoms with Crippen LogP contribution in [0.3, 0.4) is 0 Å². The van der Waals surface area contributed by atoms with Gasteiger partial charge in [-0.15, -0.1) is 11.3 Å². The Kier molecular flexibility index (Phi) is 6.11. The molecule has 2 N–H and O–H groups in total. The lowest BCUT2D eigenvalue weighted by Crippen LogP contribution is -2.39. The van der Waals surface area contributed by atoms with Gasteiger partial charge >= 0.3 is 0 Å². The molecular formula is C18H30N4OS. The number of guanidine groups is 1. The molecule has 1 heterocycles. The second-order valence-electron chi connectivity index (χ2n) is 6.99. The fraction of sp³-hybridized carbons (Fsp3) is 0.778. The van der Waals surface area contributed by atoms with Crippen LogP contribution in [-0.2, 0) is 19.4 Å². The average Bonchev–Trinajstić information content (AvgIpc) is 3.16. The van der Waals surface area contributed by atoms with E-state index in [1.807, 2.05) is 11.3 Å². The summed E-state index contributed by atoms with van der Waals surface area (Å²) < 4.78 is 0. The number of hydrogen-bond acceptors (Lipinski definition) is 4. The molecule has 0 radical (unpaired) electrons. The number of fused-ring (bicyclic) bond motifs is 1. The quantitative estimate of drug-likeness (QED) is 0.633. The lowest BCUT2D eigenvalue weighted by Gasteiger charge is -2.22. The minimum Gasteiger partial charge on any atom is -0.393 e. The summed E-state index contributed by atoms with van der Waals surface area (Å²) in [5, 5.41) is 14.6. The first-order valence-electron chi connectivity index (χ1n) is 9.32. The minimum atomic E-state index is -0.173. The molecule has 1 fully saturated rings. The third-order valence-corrected chi connectivity index (χ3v) is 6.20.